The molecule has 112 valence electrons. The number of sulfonamides is 1. The Morgan fingerprint density at radius 2 is 1.79 bits per heavy atom. The van der Waals surface area contributed by atoms with E-state index in [1.165, 1.54) is 26.0 Å². The topological polar surface area (TPSA) is 107 Å². The first-order chi connectivity index (χ1) is 8.66. The van der Waals surface area contributed by atoms with Crippen molar-refractivity contribution in [3.8, 4) is 0 Å². The molecule has 0 fully saturated rings. The van der Waals surface area contributed by atoms with Crippen molar-refractivity contribution in [1.82, 2.24) is 14.5 Å². The fourth-order valence-corrected chi connectivity index (χ4v) is 1.90. The van der Waals surface area contributed by atoms with Crippen LogP contribution in [0.15, 0.2) is 0 Å². The summed E-state index contributed by atoms with van der Waals surface area (Å²) in [5, 5.41) is 10.9. The molecule has 0 spiro atoms. The summed E-state index contributed by atoms with van der Waals surface area (Å²) >= 11 is 0. The molecule has 19 heavy (non-hydrogen) atoms. The Morgan fingerprint density at radius 3 is 2.26 bits per heavy atom. The van der Waals surface area contributed by atoms with E-state index < -0.39 is 22.0 Å². The highest BCUT2D eigenvalue weighted by atomic mass is 32.2. The molecule has 0 atom stereocenters. The zero-order chi connectivity index (χ0) is 15.1. The molecule has 0 heterocycles. The average molecular weight is 295 g/mol. The van der Waals surface area contributed by atoms with Gasteiger partial charge in [0.1, 0.15) is 0 Å². The van der Waals surface area contributed by atoms with Crippen molar-refractivity contribution >= 4 is 22.0 Å². The van der Waals surface area contributed by atoms with Crippen molar-refractivity contribution in [2.45, 2.75) is 12.8 Å². The third-order valence-electron chi connectivity index (χ3n) is 2.42. The lowest BCUT2D eigenvalue weighted by Gasteiger charge is -2.18. The molecule has 0 aliphatic rings. The minimum absolute atomic E-state index is 0.00731. The van der Waals surface area contributed by atoms with Crippen molar-refractivity contribution < 1.29 is 23.1 Å². The van der Waals surface area contributed by atoms with Crippen LogP contribution in [0.1, 0.15) is 12.8 Å². The van der Waals surface area contributed by atoms with Crippen molar-refractivity contribution in [3.05, 3.63) is 0 Å². The summed E-state index contributed by atoms with van der Waals surface area (Å²) in [5.74, 6) is -1.08. The van der Waals surface area contributed by atoms with E-state index in [4.69, 9.17) is 5.11 Å². The van der Waals surface area contributed by atoms with E-state index >= 15 is 0 Å². The fraction of sp³-hybridized carbons (Fsp3) is 0.800. The van der Waals surface area contributed by atoms with Gasteiger partial charge in [-0.3, -0.25) is 4.79 Å². The summed E-state index contributed by atoms with van der Waals surface area (Å²) in [6, 6.07) is -0.417. The number of carboxylic acids is 1. The highest BCUT2D eigenvalue weighted by Gasteiger charge is 2.14. The van der Waals surface area contributed by atoms with Crippen molar-refractivity contribution in [2.24, 2.45) is 0 Å². The first-order valence-electron chi connectivity index (χ1n) is 5.78. The summed E-state index contributed by atoms with van der Waals surface area (Å²) in [7, 11) is 1.05. The van der Waals surface area contributed by atoms with E-state index in [2.05, 4.69) is 5.32 Å². The number of urea groups is 1. The molecule has 0 unspecified atom stereocenters. The summed E-state index contributed by atoms with van der Waals surface area (Å²) in [4.78, 5) is 23.2. The van der Waals surface area contributed by atoms with Gasteiger partial charge in [0.15, 0.2) is 0 Å². The van der Waals surface area contributed by atoms with Gasteiger partial charge in [0.05, 0.1) is 5.75 Å². The molecular formula is C10H21N3O5S. The maximum Gasteiger partial charge on any atom is 0.317 e. The lowest BCUT2D eigenvalue weighted by molar-refractivity contribution is -0.137. The fourth-order valence-electron chi connectivity index (χ4n) is 1.17. The number of nitrogens with zero attached hydrogens (tertiary/aromatic N) is 2. The Bertz CT molecular complexity index is 407. The van der Waals surface area contributed by atoms with Gasteiger partial charge in [0.25, 0.3) is 0 Å². The first-order valence-corrected chi connectivity index (χ1v) is 7.38. The van der Waals surface area contributed by atoms with Crippen molar-refractivity contribution in [1.29, 1.82) is 0 Å². The lowest BCUT2D eigenvalue weighted by atomic mass is 10.3. The summed E-state index contributed by atoms with van der Waals surface area (Å²) < 4.78 is 23.9. The molecular weight excluding hydrogens is 274 g/mol. The second kappa shape index (κ2) is 7.95. The van der Waals surface area contributed by atoms with E-state index in [1.807, 2.05) is 0 Å². The molecule has 0 saturated heterocycles. The monoisotopic (exact) mass is 295 g/mol. The molecule has 0 aromatic heterocycles. The van der Waals surface area contributed by atoms with Crippen LogP contribution in [0.2, 0.25) is 0 Å². The van der Waals surface area contributed by atoms with Crippen LogP contribution in [0.5, 0.6) is 0 Å². The summed E-state index contributed by atoms with van der Waals surface area (Å²) in [6.45, 7) is 0.321. The predicted molar refractivity (Wildman–Crippen MR) is 70.4 cm³/mol. The van der Waals surface area contributed by atoms with Crippen molar-refractivity contribution in [3.63, 3.8) is 0 Å². The molecule has 9 heteroatoms. The number of carbonyl (C=O) groups is 2. The number of carboxylic acid groups (broad SMARTS) is 1. The average Bonchev–Trinajstić information content (AvgIpc) is 2.27. The standard InChI is InChI=1S/C10H21N3O5S/c1-12(2)19(17,18)8-6-11-10(16)13(3)7-4-5-9(14)15/h4-8H2,1-3H3,(H,11,16)(H,14,15). The maximum absolute atomic E-state index is 11.5. The number of carbonyl (C=O) groups excluding carboxylic acids is 1. The Kier molecular flexibility index (Phi) is 7.38. The highest BCUT2D eigenvalue weighted by molar-refractivity contribution is 7.89. The Balaban J connectivity index is 3.95. The van der Waals surface area contributed by atoms with Crippen LogP contribution in [-0.4, -0.2) is 74.7 Å². The zero-order valence-electron chi connectivity index (χ0n) is 11.4. The van der Waals surface area contributed by atoms with Crippen LogP contribution >= 0.6 is 0 Å². The Hall–Kier alpha value is -1.35. The summed E-state index contributed by atoms with van der Waals surface area (Å²) in [6.07, 6.45) is 0.349. The second-order valence-electron chi connectivity index (χ2n) is 4.25. The number of hydrogen-bond donors (Lipinski definition) is 2. The normalized spacial score (nSPS) is 11.4. The van der Waals surface area contributed by atoms with Crippen LogP contribution in [-0.2, 0) is 14.8 Å². The molecule has 0 aliphatic heterocycles. The molecule has 0 aromatic rings. The third-order valence-corrected chi connectivity index (χ3v) is 4.26. The van der Waals surface area contributed by atoms with Gasteiger partial charge in [-0.2, -0.15) is 0 Å². The zero-order valence-corrected chi connectivity index (χ0v) is 12.2. The maximum atomic E-state index is 11.5. The van der Waals surface area contributed by atoms with E-state index in [-0.39, 0.29) is 18.7 Å². The molecule has 0 radical (unpaired) electrons. The number of aliphatic carboxylic acids is 1. The van der Waals surface area contributed by atoms with Gasteiger partial charge in [0.2, 0.25) is 10.0 Å². The third kappa shape index (κ3) is 7.62. The van der Waals surface area contributed by atoms with Gasteiger partial charge < -0.3 is 15.3 Å². The van der Waals surface area contributed by atoms with Gasteiger partial charge in [0, 0.05) is 40.7 Å². The second-order valence-corrected chi connectivity index (χ2v) is 6.55. The molecule has 0 bridgehead atoms. The highest BCUT2D eigenvalue weighted by Crippen LogP contribution is 1.95. The molecule has 0 aromatic carbocycles. The summed E-state index contributed by atoms with van der Waals surface area (Å²) in [5.41, 5.74) is 0. The van der Waals surface area contributed by atoms with Gasteiger partial charge in [-0.1, -0.05) is 0 Å². The van der Waals surface area contributed by atoms with E-state index in [0.29, 0.717) is 13.0 Å². The predicted octanol–water partition coefficient (Wildman–Crippen LogP) is -0.616. The number of hydrogen-bond acceptors (Lipinski definition) is 4. The minimum atomic E-state index is -3.33. The molecule has 0 aliphatic carbocycles. The Labute approximate surface area is 113 Å². The van der Waals surface area contributed by atoms with Crippen molar-refractivity contribution in [2.75, 3.05) is 40.0 Å². The van der Waals surface area contributed by atoms with Crippen LogP contribution in [0.3, 0.4) is 0 Å². The van der Waals surface area contributed by atoms with Crippen LogP contribution in [0.4, 0.5) is 4.79 Å². The molecule has 2 amide bonds. The molecule has 2 N–H and O–H groups in total. The van der Waals surface area contributed by atoms with E-state index in [1.54, 1.807) is 0 Å². The van der Waals surface area contributed by atoms with Gasteiger partial charge in [-0.25, -0.2) is 17.5 Å². The van der Waals surface area contributed by atoms with Gasteiger partial charge >= 0.3 is 12.0 Å². The van der Waals surface area contributed by atoms with Gasteiger partial charge in [-0.15, -0.1) is 0 Å². The molecule has 0 saturated carbocycles. The Morgan fingerprint density at radius 1 is 1.21 bits per heavy atom. The van der Waals surface area contributed by atoms with E-state index in [0.717, 1.165) is 4.31 Å². The number of rotatable bonds is 8. The van der Waals surface area contributed by atoms with E-state index in [9.17, 15) is 18.0 Å². The van der Waals surface area contributed by atoms with Crippen LogP contribution in [0, 0.1) is 0 Å². The SMILES string of the molecule is CN(CCCC(=O)O)C(=O)NCCS(=O)(=O)N(C)C. The number of nitrogens with one attached hydrogen (secondary N) is 1. The smallest absolute Gasteiger partial charge is 0.317 e. The quantitative estimate of drug-likeness (QED) is 0.621. The minimum Gasteiger partial charge on any atom is -0.481 e. The molecule has 8 nitrogen and oxygen atoms in total. The van der Waals surface area contributed by atoms with Gasteiger partial charge in [-0.05, 0) is 6.42 Å². The largest absolute Gasteiger partial charge is 0.481 e. The first kappa shape index (κ1) is 17.6. The molecule has 0 rings (SSSR count). The van der Waals surface area contributed by atoms with Crippen LogP contribution in [0.25, 0.3) is 0 Å². The van der Waals surface area contributed by atoms with Crippen LogP contribution < -0.4 is 5.32 Å². The lowest BCUT2D eigenvalue weighted by Crippen LogP contribution is -2.41. The number of amides is 2.